The first-order chi connectivity index (χ1) is 7.95. The van der Waals surface area contributed by atoms with Gasteiger partial charge in [0.2, 0.25) is 0 Å². The monoisotopic (exact) mass is 243 g/mol. The molecule has 1 saturated carbocycles. The van der Waals surface area contributed by atoms with Crippen LogP contribution in [0.3, 0.4) is 0 Å². The second-order valence-electron chi connectivity index (χ2n) is 4.01. The van der Waals surface area contributed by atoms with Crippen LogP contribution in [-0.4, -0.2) is 17.7 Å². The van der Waals surface area contributed by atoms with Crippen molar-refractivity contribution in [1.82, 2.24) is 0 Å². The third-order valence-electron chi connectivity index (χ3n) is 2.92. The molecule has 1 fully saturated rings. The van der Waals surface area contributed by atoms with Gasteiger partial charge in [-0.3, -0.25) is 4.79 Å². The van der Waals surface area contributed by atoms with Gasteiger partial charge in [-0.05, 0) is 36.6 Å². The molecule has 0 aromatic heterocycles. The van der Waals surface area contributed by atoms with Gasteiger partial charge in [-0.25, -0.2) is 0 Å². The van der Waals surface area contributed by atoms with E-state index in [0.29, 0.717) is 18.4 Å². The Morgan fingerprint density at radius 1 is 1.47 bits per heavy atom. The lowest BCUT2D eigenvalue weighted by atomic mass is 9.94. The van der Waals surface area contributed by atoms with Crippen molar-refractivity contribution in [2.75, 3.05) is 5.73 Å². The molecule has 0 bridgehead atoms. The molecule has 92 valence electrons. The topological polar surface area (TPSA) is 72.5 Å². The lowest BCUT2D eigenvalue weighted by molar-refractivity contribution is -0.140. The largest absolute Gasteiger partial charge is 0.481 e. The van der Waals surface area contributed by atoms with Crippen molar-refractivity contribution in [3.8, 4) is 5.75 Å². The molecule has 1 aliphatic carbocycles. The molecule has 2 rings (SSSR count). The average molecular weight is 243 g/mol. The molecule has 1 aliphatic rings. The summed E-state index contributed by atoms with van der Waals surface area (Å²) in [6.07, 6.45) is 0.926. The van der Waals surface area contributed by atoms with Crippen molar-refractivity contribution in [3.63, 3.8) is 0 Å². The van der Waals surface area contributed by atoms with Gasteiger partial charge in [-0.15, -0.1) is 0 Å². The van der Waals surface area contributed by atoms with Crippen molar-refractivity contribution in [2.45, 2.75) is 24.9 Å². The summed E-state index contributed by atoms with van der Waals surface area (Å²) in [4.78, 5) is 11.1. The Kier molecular flexibility index (Phi) is 2.65. The number of aliphatic carboxylic acids is 1. The number of halogens is 2. The number of carboxylic acids is 1. The Morgan fingerprint density at radius 3 is 2.59 bits per heavy atom. The first-order valence-corrected chi connectivity index (χ1v) is 5.04. The average Bonchev–Trinajstić information content (AvgIpc) is 3.01. The smallest absolute Gasteiger partial charge is 0.387 e. The number of rotatable bonds is 4. The highest BCUT2D eigenvalue weighted by molar-refractivity contribution is 5.87. The summed E-state index contributed by atoms with van der Waals surface area (Å²) in [7, 11) is 0. The Morgan fingerprint density at radius 2 is 2.12 bits per heavy atom. The minimum Gasteiger partial charge on any atom is -0.481 e. The summed E-state index contributed by atoms with van der Waals surface area (Å²) in [6, 6.07) is 3.96. The van der Waals surface area contributed by atoms with E-state index in [1.54, 1.807) is 0 Å². The number of hydrogen-bond donors (Lipinski definition) is 2. The molecular formula is C11H11F2NO3. The number of carboxylic acid groups (broad SMARTS) is 1. The van der Waals surface area contributed by atoms with E-state index < -0.39 is 18.0 Å². The number of nitrogens with two attached hydrogens (primary N) is 1. The van der Waals surface area contributed by atoms with Gasteiger partial charge in [0, 0.05) is 5.69 Å². The van der Waals surface area contributed by atoms with Gasteiger partial charge in [-0.2, -0.15) is 8.78 Å². The van der Waals surface area contributed by atoms with E-state index >= 15 is 0 Å². The van der Waals surface area contributed by atoms with Crippen LogP contribution in [0.15, 0.2) is 18.2 Å². The van der Waals surface area contributed by atoms with Crippen LogP contribution < -0.4 is 10.5 Å². The van der Waals surface area contributed by atoms with Crippen LogP contribution in [0.4, 0.5) is 14.5 Å². The van der Waals surface area contributed by atoms with Crippen LogP contribution in [0.25, 0.3) is 0 Å². The molecule has 0 saturated heterocycles. The fourth-order valence-electron chi connectivity index (χ4n) is 1.85. The Hall–Kier alpha value is -1.85. The first kappa shape index (κ1) is 11.6. The predicted octanol–water partition coefficient (Wildman–Crippen LogP) is 1.99. The normalized spacial score (nSPS) is 16.9. The van der Waals surface area contributed by atoms with E-state index in [1.807, 2.05) is 0 Å². The Bertz CT molecular complexity index is 458. The van der Waals surface area contributed by atoms with E-state index in [4.69, 9.17) is 10.8 Å². The predicted molar refractivity (Wildman–Crippen MR) is 56.0 cm³/mol. The maximum absolute atomic E-state index is 12.1. The van der Waals surface area contributed by atoms with Gasteiger partial charge in [0.15, 0.2) is 0 Å². The third-order valence-corrected chi connectivity index (χ3v) is 2.92. The molecular weight excluding hydrogens is 232 g/mol. The van der Waals surface area contributed by atoms with Gasteiger partial charge in [0.05, 0.1) is 5.41 Å². The fraction of sp³-hybridized carbons (Fsp3) is 0.364. The highest BCUT2D eigenvalue weighted by Gasteiger charge is 2.52. The van der Waals surface area contributed by atoms with E-state index in [-0.39, 0.29) is 11.4 Å². The summed E-state index contributed by atoms with van der Waals surface area (Å²) in [6.45, 7) is -2.94. The quantitative estimate of drug-likeness (QED) is 0.793. The van der Waals surface area contributed by atoms with Crippen LogP contribution in [-0.2, 0) is 10.2 Å². The number of ether oxygens (including phenoxy) is 1. The minimum atomic E-state index is -2.94. The van der Waals surface area contributed by atoms with Crippen LogP contribution in [0.5, 0.6) is 5.75 Å². The fourth-order valence-corrected chi connectivity index (χ4v) is 1.85. The molecule has 0 aliphatic heterocycles. The molecule has 6 heteroatoms. The molecule has 17 heavy (non-hydrogen) atoms. The number of benzene rings is 1. The van der Waals surface area contributed by atoms with Crippen LogP contribution in [0.1, 0.15) is 18.4 Å². The maximum atomic E-state index is 12.1. The van der Waals surface area contributed by atoms with E-state index in [2.05, 4.69) is 4.74 Å². The zero-order chi connectivity index (χ0) is 12.6. The lowest BCUT2D eigenvalue weighted by Gasteiger charge is -2.14. The highest BCUT2D eigenvalue weighted by atomic mass is 19.3. The zero-order valence-corrected chi connectivity index (χ0v) is 8.82. The second kappa shape index (κ2) is 3.87. The summed E-state index contributed by atoms with van der Waals surface area (Å²) < 4.78 is 28.3. The number of carbonyl (C=O) groups is 1. The van der Waals surface area contributed by atoms with Crippen molar-refractivity contribution >= 4 is 11.7 Å². The van der Waals surface area contributed by atoms with E-state index in [0.717, 1.165) is 0 Å². The van der Waals surface area contributed by atoms with Crippen molar-refractivity contribution in [3.05, 3.63) is 23.8 Å². The van der Waals surface area contributed by atoms with Crippen molar-refractivity contribution < 1.29 is 23.4 Å². The third kappa shape index (κ3) is 2.02. The molecule has 1 aromatic rings. The van der Waals surface area contributed by atoms with Crippen molar-refractivity contribution in [2.24, 2.45) is 0 Å². The maximum Gasteiger partial charge on any atom is 0.387 e. The van der Waals surface area contributed by atoms with Gasteiger partial charge in [0.25, 0.3) is 0 Å². The second-order valence-corrected chi connectivity index (χ2v) is 4.01. The molecule has 4 nitrogen and oxygen atoms in total. The zero-order valence-electron chi connectivity index (χ0n) is 8.82. The summed E-state index contributed by atoms with van der Waals surface area (Å²) in [5, 5.41) is 9.11. The van der Waals surface area contributed by atoms with Crippen molar-refractivity contribution in [1.29, 1.82) is 0 Å². The number of alkyl halides is 2. The van der Waals surface area contributed by atoms with E-state index in [9.17, 15) is 13.6 Å². The molecule has 0 amide bonds. The summed E-state index contributed by atoms with van der Waals surface area (Å²) >= 11 is 0. The van der Waals surface area contributed by atoms with Crippen LogP contribution >= 0.6 is 0 Å². The number of anilines is 1. The SMILES string of the molecule is Nc1ccc(OC(F)F)cc1C1(C(=O)O)CC1. The molecule has 0 atom stereocenters. The minimum absolute atomic E-state index is 0.0725. The Labute approximate surface area is 96.0 Å². The van der Waals surface area contributed by atoms with Crippen LogP contribution in [0, 0.1) is 0 Å². The molecule has 0 unspecified atom stereocenters. The standard InChI is InChI=1S/C11H11F2NO3/c12-10(13)17-6-1-2-8(14)7(5-6)11(3-4-11)9(15)16/h1-2,5,10H,3-4,14H2,(H,15,16). The van der Waals surface area contributed by atoms with Gasteiger partial charge in [0.1, 0.15) is 5.75 Å². The molecule has 0 spiro atoms. The number of nitrogen functional groups attached to an aromatic ring is 1. The first-order valence-electron chi connectivity index (χ1n) is 5.04. The lowest BCUT2D eigenvalue weighted by Crippen LogP contribution is -2.21. The van der Waals surface area contributed by atoms with Gasteiger partial charge in [-0.1, -0.05) is 0 Å². The molecule has 3 N–H and O–H groups in total. The number of hydrogen-bond acceptors (Lipinski definition) is 3. The summed E-state index contributed by atoms with van der Waals surface area (Å²) in [5.41, 5.74) is 5.29. The summed E-state index contributed by atoms with van der Waals surface area (Å²) in [5.74, 6) is -1.06. The molecule has 0 heterocycles. The molecule has 1 aromatic carbocycles. The highest BCUT2D eigenvalue weighted by Crippen LogP contribution is 2.51. The van der Waals surface area contributed by atoms with E-state index in [1.165, 1.54) is 18.2 Å². The Balaban J connectivity index is 2.37. The van der Waals surface area contributed by atoms with Crippen LogP contribution in [0.2, 0.25) is 0 Å². The molecule has 0 radical (unpaired) electrons. The van der Waals surface area contributed by atoms with Gasteiger partial charge >= 0.3 is 12.6 Å². The van der Waals surface area contributed by atoms with Gasteiger partial charge < -0.3 is 15.6 Å².